The van der Waals surface area contributed by atoms with Gasteiger partial charge in [-0.2, -0.15) is 0 Å². The van der Waals surface area contributed by atoms with Crippen molar-refractivity contribution in [3.63, 3.8) is 0 Å². The van der Waals surface area contributed by atoms with E-state index in [0.717, 1.165) is 30.8 Å². The first-order valence-corrected chi connectivity index (χ1v) is 7.51. The average molecular weight is 274 g/mol. The molecule has 2 aliphatic rings. The average Bonchev–Trinajstić information content (AvgIpc) is 3.06. The number of rotatable bonds is 4. The normalized spacial score (nSPS) is 25.6. The lowest BCUT2D eigenvalue weighted by molar-refractivity contribution is -0.122. The first-order chi connectivity index (χ1) is 9.74. The van der Waals surface area contributed by atoms with Crippen molar-refractivity contribution in [2.24, 2.45) is 0 Å². The van der Waals surface area contributed by atoms with Crippen molar-refractivity contribution in [2.75, 3.05) is 19.6 Å². The van der Waals surface area contributed by atoms with Crippen LogP contribution in [0.1, 0.15) is 36.4 Å². The number of aliphatic hydroxyl groups is 1. The van der Waals surface area contributed by atoms with E-state index in [-0.39, 0.29) is 11.9 Å². The molecule has 1 aliphatic heterocycles. The van der Waals surface area contributed by atoms with Crippen LogP contribution in [0.25, 0.3) is 0 Å². The van der Waals surface area contributed by atoms with Gasteiger partial charge in [0.05, 0.1) is 12.1 Å². The number of carbonyl (C=O) groups is 1. The maximum atomic E-state index is 12.1. The number of nitrogens with zero attached hydrogens (tertiary/aromatic N) is 1. The Bertz CT molecular complexity index is 483. The molecule has 108 valence electrons. The van der Waals surface area contributed by atoms with Crippen LogP contribution in [0.5, 0.6) is 0 Å². The SMILES string of the molecule is O=C(CCN1CCCC1)NC1c2ccccc2CC1O. The highest BCUT2D eigenvalue weighted by atomic mass is 16.3. The molecule has 0 radical (unpaired) electrons. The van der Waals surface area contributed by atoms with Crippen LogP contribution in [0.4, 0.5) is 0 Å². The van der Waals surface area contributed by atoms with Crippen molar-refractivity contribution in [3.05, 3.63) is 35.4 Å². The summed E-state index contributed by atoms with van der Waals surface area (Å²) in [7, 11) is 0. The van der Waals surface area contributed by atoms with Crippen LogP contribution in [0.3, 0.4) is 0 Å². The zero-order chi connectivity index (χ0) is 13.9. The zero-order valence-corrected chi connectivity index (χ0v) is 11.7. The van der Waals surface area contributed by atoms with Gasteiger partial charge in [0.15, 0.2) is 0 Å². The van der Waals surface area contributed by atoms with Gasteiger partial charge in [-0.3, -0.25) is 4.79 Å². The summed E-state index contributed by atoms with van der Waals surface area (Å²) >= 11 is 0. The fourth-order valence-electron chi connectivity index (χ4n) is 3.26. The molecule has 1 aromatic rings. The summed E-state index contributed by atoms with van der Waals surface area (Å²) in [6.45, 7) is 3.06. The fourth-order valence-corrected chi connectivity index (χ4v) is 3.26. The Morgan fingerprint density at radius 2 is 2.05 bits per heavy atom. The Hall–Kier alpha value is -1.39. The second kappa shape index (κ2) is 5.94. The van der Waals surface area contributed by atoms with Crippen LogP contribution >= 0.6 is 0 Å². The Balaban J connectivity index is 1.55. The van der Waals surface area contributed by atoms with E-state index in [4.69, 9.17) is 0 Å². The number of fused-ring (bicyclic) bond motifs is 1. The molecule has 1 amide bonds. The van der Waals surface area contributed by atoms with E-state index < -0.39 is 6.10 Å². The van der Waals surface area contributed by atoms with Gasteiger partial charge in [-0.05, 0) is 37.1 Å². The van der Waals surface area contributed by atoms with Gasteiger partial charge in [-0.1, -0.05) is 24.3 Å². The van der Waals surface area contributed by atoms with Crippen LogP contribution < -0.4 is 5.32 Å². The monoisotopic (exact) mass is 274 g/mol. The third-order valence-corrected chi connectivity index (χ3v) is 4.37. The van der Waals surface area contributed by atoms with E-state index >= 15 is 0 Å². The second-order valence-electron chi connectivity index (χ2n) is 5.81. The van der Waals surface area contributed by atoms with E-state index in [9.17, 15) is 9.90 Å². The lowest BCUT2D eigenvalue weighted by Crippen LogP contribution is -2.35. The molecule has 4 nitrogen and oxygen atoms in total. The number of hydrogen-bond donors (Lipinski definition) is 2. The second-order valence-corrected chi connectivity index (χ2v) is 5.81. The molecule has 1 heterocycles. The Morgan fingerprint density at radius 1 is 1.30 bits per heavy atom. The van der Waals surface area contributed by atoms with Gasteiger partial charge in [0.25, 0.3) is 0 Å². The zero-order valence-electron chi connectivity index (χ0n) is 11.7. The maximum absolute atomic E-state index is 12.1. The molecule has 1 aromatic carbocycles. The van der Waals surface area contributed by atoms with E-state index in [2.05, 4.69) is 10.2 Å². The van der Waals surface area contributed by atoms with Gasteiger partial charge in [0, 0.05) is 19.4 Å². The summed E-state index contributed by atoms with van der Waals surface area (Å²) in [4.78, 5) is 14.4. The molecule has 3 rings (SSSR count). The van der Waals surface area contributed by atoms with Crippen LogP contribution in [0.2, 0.25) is 0 Å². The molecular formula is C16H22N2O2. The predicted octanol–water partition coefficient (Wildman–Crippen LogP) is 1.25. The van der Waals surface area contributed by atoms with E-state index in [1.807, 2.05) is 24.3 Å². The number of hydrogen-bond acceptors (Lipinski definition) is 3. The van der Waals surface area contributed by atoms with Crippen molar-refractivity contribution in [1.82, 2.24) is 10.2 Å². The van der Waals surface area contributed by atoms with Gasteiger partial charge in [0.2, 0.25) is 5.91 Å². The molecule has 1 fully saturated rings. The van der Waals surface area contributed by atoms with Crippen LogP contribution in [0.15, 0.2) is 24.3 Å². The lowest BCUT2D eigenvalue weighted by atomic mass is 10.1. The van der Waals surface area contributed by atoms with E-state index in [0.29, 0.717) is 12.8 Å². The summed E-state index contributed by atoms with van der Waals surface area (Å²) in [5, 5.41) is 13.1. The number of benzene rings is 1. The molecule has 4 heteroatoms. The molecule has 0 spiro atoms. The lowest BCUT2D eigenvalue weighted by Gasteiger charge is -2.19. The minimum Gasteiger partial charge on any atom is -0.390 e. The molecule has 0 saturated carbocycles. The Morgan fingerprint density at radius 3 is 2.85 bits per heavy atom. The molecule has 1 aliphatic carbocycles. The molecule has 2 atom stereocenters. The molecular weight excluding hydrogens is 252 g/mol. The standard InChI is InChI=1S/C16H22N2O2/c19-14-11-12-5-1-2-6-13(12)16(14)17-15(20)7-10-18-8-3-4-9-18/h1-2,5-6,14,16,19H,3-4,7-11H2,(H,17,20). The molecule has 2 unspecified atom stereocenters. The summed E-state index contributed by atoms with van der Waals surface area (Å²) in [6.07, 6.45) is 3.15. The van der Waals surface area contributed by atoms with Gasteiger partial charge in [-0.25, -0.2) is 0 Å². The van der Waals surface area contributed by atoms with E-state index in [1.165, 1.54) is 12.8 Å². The van der Waals surface area contributed by atoms with Crippen molar-refractivity contribution in [2.45, 2.75) is 37.8 Å². The number of carbonyl (C=O) groups excluding carboxylic acids is 1. The third-order valence-electron chi connectivity index (χ3n) is 4.37. The van der Waals surface area contributed by atoms with Crippen molar-refractivity contribution >= 4 is 5.91 Å². The minimum atomic E-state index is -0.497. The summed E-state index contributed by atoms with van der Waals surface area (Å²) < 4.78 is 0. The Labute approximate surface area is 119 Å². The topological polar surface area (TPSA) is 52.6 Å². The smallest absolute Gasteiger partial charge is 0.221 e. The van der Waals surface area contributed by atoms with Gasteiger partial charge in [0.1, 0.15) is 0 Å². The van der Waals surface area contributed by atoms with Crippen molar-refractivity contribution in [1.29, 1.82) is 0 Å². The highest BCUT2D eigenvalue weighted by molar-refractivity contribution is 5.77. The fraction of sp³-hybridized carbons (Fsp3) is 0.562. The number of likely N-dealkylation sites (tertiary alicyclic amines) is 1. The number of amides is 1. The third kappa shape index (κ3) is 2.86. The first-order valence-electron chi connectivity index (χ1n) is 7.51. The largest absolute Gasteiger partial charge is 0.390 e. The molecule has 2 N–H and O–H groups in total. The molecule has 1 saturated heterocycles. The molecule has 0 bridgehead atoms. The summed E-state index contributed by atoms with van der Waals surface area (Å²) in [5.74, 6) is 0.0395. The molecule has 0 aromatic heterocycles. The van der Waals surface area contributed by atoms with Crippen LogP contribution in [0, 0.1) is 0 Å². The summed E-state index contributed by atoms with van der Waals surface area (Å²) in [6, 6.07) is 7.72. The maximum Gasteiger partial charge on any atom is 0.221 e. The first kappa shape index (κ1) is 13.6. The Kier molecular flexibility index (Phi) is 4.03. The van der Waals surface area contributed by atoms with Crippen molar-refractivity contribution < 1.29 is 9.90 Å². The van der Waals surface area contributed by atoms with Gasteiger partial charge in [-0.15, -0.1) is 0 Å². The van der Waals surface area contributed by atoms with Crippen LogP contribution in [-0.4, -0.2) is 41.7 Å². The van der Waals surface area contributed by atoms with Gasteiger partial charge < -0.3 is 15.3 Å². The predicted molar refractivity (Wildman–Crippen MR) is 77.3 cm³/mol. The van der Waals surface area contributed by atoms with E-state index in [1.54, 1.807) is 0 Å². The quantitative estimate of drug-likeness (QED) is 0.869. The minimum absolute atomic E-state index is 0.0395. The summed E-state index contributed by atoms with van der Waals surface area (Å²) in [5.41, 5.74) is 2.21. The number of nitrogens with one attached hydrogen (secondary N) is 1. The highest BCUT2D eigenvalue weighted by Crippen LogP contribution is 2.31. The van der Waals surface area contributed by atoms with Crippen LogP contribution in [-0.2, 0) is 11.2 Å². The molecule has 20 heavy (non-hydrogen) atoms. The van der Waals surface area contributed by atoms with Gasteiger partial charge >= 0.3 is 0 Å². The highest BCUT2D eigenvalue weighted by Gasteiger charge is 2.31. The van der Waals surface area contributed by atoms with Crippen molar-refractivity contribution in [3.8, 4) is 0 Å². The number of aliphatic hydroxyl groups excluding tert-OH is 1.